The van der Waals surface area contributed by atoms with Crippen LogP contribution in [0.4, 0.5) is 0 Å². The first kappa shape index (κ1) is 36.6. The molecule has 0 spiro atoms. The van der Waals surface area contributed by atoms with Gasteiger partial charge in [-0.15, -0.1) is 0 Å². The van der Waals surface area contributed by atoms with E-state index in [1.54, 1.807) is 21.3 Å². The molecule has 246 valence electrons. The van der Waals surface area contributed by atoms with Gasteiger partial charge in [-0.3, -0.25) is 0 Å². The Morgan fingerprint density at radius 2 is 1.30 bits per heavy atom. The number of aliphatic hydroxyl groups is 1. The first-order valence-corrected chi connectivity index (χ1v) is 16.6. The van der Waals surface area contributed by atoms with Crippen molar-refractivity contribution >= 4 is 31.6 Å². The lowest BCUT2D eigenvalue weighted by atomic mass is 10.0. The molecule has 44 heavy (non-hydrogen) atoms. The molecule has 0 aromatic heterocycles. The Labute approximate surface area is 256 Å². The summed E-state index contributed by atoms with van der Waals surface area (Å²) >= 11 is 0. The van der Waals surface area contributed by atoms with Crippen molar-refractivity contribution in [3.8, 4) is 23.0 Å². The van der Waals surface area contributed by atoms with Gasteiger partial charge in [-0.25, -0.2) is 26.4 Å². The minimum absolute atomic E-state index is 0.0149. The maximum atomic E-state index is 13.5. The van der Waals surface area contributed by atoms with Crippen molar-refractivity contribution in [3.05, 3.63) is 47.5 Å². The van der Waals surface area contributed by atoms with Crippen LogP contribution in [0.3, 0.4) is 0 Å². The Morgan fingerprint density at radius 1 is 0.818 bits per heavy atom. The molecule has 1 saturated heterocycles. The van der Waals surface area contributed by atoms with Crippen LogP contribution >= 0.6 is 0 Å². The quantitative estimate of drug-likeness (QED) is 0.274. The van der Waals surface area contributed by atoms with Gasteiger partial charge in [0.15, 0.2) is 42.7 Å². The standard InChI is InChI=1S/C26H37NO9S2.C2H2O4/c1-27(12-11-19-7-9-22(33-2)24(15-19)35-4)18-21(28)17-26(37(29,30)13-6-14-38(26,31)32)20-8-10-23(34-3)25(16-20)36-5;3-1(4)2(5)6/h7-10,15-16,21,28H,6,11-14,17-18H2,1-5H3;(H,3,4)(H,5,6). The van der Waals surface area contributed by atoms with Crippen LogP contribution in [0.5, 0.6) is 23.0 Å². The maximum Gasteiger partial charge on any atom is 0.414 e. The number of sulfone groups is 2. The summed E-state index contributed by atoms with van der Waals surface area (Å²) in [5, 5.41) is 25.9. The number of likely N-dealkylation sites (N-methyl/N-ethyl adjacent to an activating group) is 1. The van der Waals surface area contributed by atoms with Crippen LogP contribution in [-0.4, -0.2) is 115 Å². The Hall–Kier alpha value is -3.60. The summed E-state index contributed by atoms with van der Waals surface area (Å²) in [6.07, 6.45) is -1.09. The molecule has 0 radical (unpaired) electrons. The highest BCUT2D eigenvalue weighted by atomic mass is 32.3. The number of nitrogens with zero attached hydrogens (tertiary/aromatic N) is 1. The number of carboxylic acid groups (broad SMARTS) is 2. The van der Waals surface area contributed by atoms with Gasteiger partial charge in [0.25, 0.3) is 0 Å². The average molecular weight is 662 g/mol. The number of methoxy groups -OCH3 is 4. The Balaban J connectivity index is 0.00000102. The lowest BCUT2D eigenvalue weighted by Crippen LogP contribution is -2.52. The maximum absolute atomic E-state index is 13.5. The third-order valence-electron chi connectivity index (χ3n) is 7.09. The molecule has 1 aliphatic heterocycles. The van der Waals surface area contributed by atoms with E-state index in [0.717, 1.165) is 5.56 Å². The summed E-state index contributed by atoms with van der Waals surface area (Å²) in [4.78, 5) is 20.0. The van der Waals surface area contributed by atoms with Gasteiger partial charge in [-0.2, -0.15) is 0 Å². The average Bonchev–Trinajstić information content (AvgIpc) is 2.97. The monoisotopic (exact) mass is 661 g/mol. The van der Waals surface area contributed by atoms with E-state index in [2.05, 4.69) is 0 Å². The number of hydrogen-bond donors (Lipinski definition) is 3. The molecule has 14 nitrogen and oxygen atoms in total. The van der Waals surface area contributed by atoms with E-state index in [9.17, 15) is 21.9 Å². The Kier molecular flexibility index (Phi) is 12.8. The molecular weight excluding hydrogens is 622 g/mol. The van der Waals surface area contributed by atoms with Crippen LogP contribution in [0.15, 0.2) is 36.4 Å². The summed E-state index contributed by atoms with van der Waals surface area (Å²) < 4.78 is 73.0. The number of aliphatic hydroxyl groups excluding tert-OH is 1. The topological polar surface area (TPSA) is 203 Å². The molecule has 16 heteroatoms. The molecule has 1 heterocycles. The van der Waals surface area contributed by atoms with Gasteiger partial charge in [0.1, 0.15) is 0 Å². The van der Waals surface area contributed by atoms with Crippen molar-refractivity contribution < 1.29 is 60.7 Å². The van der Waals surface area contributed by atoms with E-state index in [1.807, 2.05) is 23.1 Å². The third kappa shape index (κ3) is 8.31. The molecule has 3 N–H and O–H groups in total. The van der Waals surface area contributed by atoms with Crippen LogP contribution in [0.2, 0.25) is 0 Å². The highest BCUT2D eigenvalue weighted by molar-refractivity contribution is 8.10. The first-order valence-electron chi connectivity index (χ1n) is 13.3. The van der Waals surface area contributed by atoms with Crippen molar-refractivity contribution in [1.29, 1.82) is 0 Å². The molecule has 0 saturated carbocycles. The summed E-state index contributed by atoms with van der Waals surface area (Å²) in [5.74, 6) is -2.45. The highest BCUT2D eigenvalue weighted by Crippen LogP contribution is 2.47. The van der Waals surface area contributed by atoms with Crippen LogP contribution in [0.25, 0.3) is 0 Å². The minimum Gasteiger partial charge on any atom is -0.493 e. The van der Waals surface area contributed by atoms with Crippen molar-refractivity contribution in [2.75, 3.05) is 60.1 Å². The third-order valence-corrected chi connectivity index (χ3v) is 13.1. The van der Waals surface area contributed by atoms with Crippen LogP contribution in [-0.2, 0) is 39.8 Å². The summed E-state index contributed by atoms with van der Waals surface area (Å²) in [6.45, 7) is 0.614. The second-order valence-electron chi connectivity index (χ2n) is 9.98. The molecule has 2 aromatic carbocycles. The molecule has 0 aliphatic carbocycles. The number of ether oxygens (including phenoxy) is 4. The van der Waals surface area contributed by atoms with Gasteiger partial charge >= 0.3 is 11.9 Å². The lowest BCUT2D eigenvalue weighted by molar-refractivity contribution is -0.159. The van der Waals surface area contributed by atoms with E-state index in [4.69, 9.17) is 38.7 Å². The highest BCUT2D eigenvalue weighted by Gasteiger charge is 2.58. The second kappa shape index (κ2) is 15.4. The smallest absolute Gasteiger partial charge is 0.414 e. The van der Waals surface area contributed by atoms with Gasteiger partial charge in [0.2, 0.25) is 4.08 Å². The first-order chi connectivity index (χ1) is 20.6. The minimum atomic E-state index is -4.18. The molecule has 1 aliphatic rings. The molecule has 1 unspecified atom stereocenters. The van der Waals surface area contributed by atoms with Gasteiger partial charge in [-0.1, -0.05) is 12.1 Å². The van der Waals surface area contributed by atoms with Gasteiger partial charge in [0.05, 0.1) is 46.0 Å². The molecular formula is C28H39NO13S2. The zero-order valence-electron chi connectivity index (χ0n) is 25.2. The van der Waals surface area contributed by atoms with E-state index in [1.165, 1.54) is 32.4 Å². The molecule has 0 amide bonds. The Morgan fingerprint density at radius 3 is 1.77 bits per heavy atom. The SMILES string of the molecule is COc1ccc(CCN(C)CC(O)CC2(c3ccc(OC)c(OC)c3)S(=O)(=O)CCCS2(=O)=O)cc1OC.O=C(O)C(=O)O. The van der Waals surface area contributed by atoms with Crippen LogP contribution < -0.4 is 18.9 Å². The second-order valence-corrected chi connectivity index (χ2v) is 14.9. The van der Waals surface area contributed by atoms with E-state index < -0.39 is 48.2 Å². The molecule has 0 bridgehead atoms. The van der Waals surface area contributed by atoms with Crippen molar-refractivity contribution in [1.82, 2.24) is 4.90 Å². The van der Waals surface area contributed by atoms with Gasteiger partial charge < -0.3 is 39.2 Å². The summed E-state index contributed by atoms with van der Waals surface area (Å²) in [5.41, 5.74) is 1.03. The van der Waals surface area contributed by atoms with E-state index in [0.29, 0.717) is 30.2 Å². The van der Waals surface area contributed by atoms with E-state index >= 15 is 0 Å². The fourth-order valence-corrected chi connectivity index (χ4v) is 10.8. The number of benzene rings is 2. The fourth-order valence-electron chi connectivity index (χ4n) is 4.95. The van der Waals surface area contributed by atoms with Crippen molar-refractivity contribution in [3.63, 3.8) is 0 Å². The molecule has 2 aromatic rings. The summed E-state index contributed by atoms with van der Waals surface area (Å²) in [7, 11) is -0.623. The van der Waals surface area contributed by atoms with Crippen LogP contribution in [0, 0.1) is 0 Å². The predicted octanol–water partition coefficient (Wildman–Crippen LogP) is 1.19. The molecule has 3 rings (SSSR count). The number of carbonyl (C=O) groups is 2. The summed E-state index contributed by atoms with van der Waals surface area (Å²) in [6, 6.07) is 9.89. The van der Waals surface area contributed by atoms with E-state index in [-0.39, 0.29) is 35.8 Å². The Bertz CT molecular complexity index is 1480. The number of hydrogen-bond acceptors (Lipinski definition) is 12. The fraction of sp³-hybridized carbons (Fsp3) is 0.500. The number of carboxylic acids is 2. The lowest BCUT2D eigenvalue weighted by Gasteiger charge is -2.38. The molecule has 1 atom stereocenters. The largest absolute Gasteiger partial charge is 0.493 e. The normalized spacial score (nSPS) is 17.0. The van der Waals surface area contributed by atoms with Crippen LogP contribution in [0.1, 0.15) is 24.0 Å². The van der Waals surface area contributed by atoms with Crippen molar-refractivity contribution in [2.24, 2.45) is 0 Å². The zero-order chi connectivity index (χ0) is 33.3. The number of rotatable bonds is 12. The number of aliphatic carboxylic acids is 2. The molecule has 1 fully saturated rings. The van der Waals surface area contributed by atoms with Gasteiger partial charge in [0, 0.05) is 19.5 Å². The zero-order valence-corrected chi connectivity index (χ0v) is 26.8. The predicted molar refractivity (Wildman–Crippen MR) is 160 cm³/mol. The van der Waals surface area contributed by atoms with Crippen molar-refractivity contribution in [2.45, 2.75) is 29.4 Å². The van der Waals surface area contributed by atoms with Gasteiger partial charge in [-0.05, 0) is 55.3 Å².